The van der Waals surface area contributed by atoms with Gasteiger partial charge < -0.3 is 9.64 Å². The van der Waals surface area contributed by atoms with Crippen LogP contribution < -0.4 is 15.0 Å². The molecule has 0 radical (unpaired) electrons. The summed E-state index contributed by atoms with van der Waals surface area (Å²) in [7, 11) is 0. The zero-order valence-corrected chi connectivity index (χ0v) is 15.2. The Bertz CT molecular complexity index is 755. The predicted molar refractivity (Wildman–Crippen MR) is 100 cm³/mol. The molecule has 136 valence electrons. The van der Waals surface area contributed by atoms with Gasteiger partial charge in [-0.15, -0.1) is 0 Å². The van der Waals surface area contributed by atoms with Crippen LogP contribution in [0.5, 0.6) is 5.75 Å². The van der Waals surface area contributed by atoms with Crippen molar-refractivity contribution in [3.05, 3.63) is 48.3 Å². The van der Waals surface area contributed by atoms with E-state index in [0.717, 1.165) is 29.6 Å². The number of imide groups is 1. The molecule has 0 spiro atoms. The van der Waals surface area contributed by atoms with E-state index in [1.54, 1.807) is 18.5 Å². The third-order valence-electron chi connectivity index (χ3n) is 3.96. The molecule has 1 saturated heterocycles. The van der Waals surface area contributed by atoms with Gasteiger partial charge in [-0.3, -0.25) is 14.9 Å². The normalized spacial score (nSPS) is 16.4. The van der Waals surface area contributed by atoms with E-state index in [2.05, 4.69) is 15.3 Å². The summed E-state index contributed by atoms with van der Waals surface area (Å²) < 4.78 is 5.79. The second-order valence-corrected chi connectivity index (χ2v) is 6.88. The molecule has 1 aliphatic heterocycles. The zero-order valence-electron chi connectivity index (χ0n) is 14.4. The molecule has 26 heavy (non-hydrogen) atoms. The van der Waals surface area contributed by atoms with Gasteiger partial charge in [-0.05, 0) is 37.1 Å². The summed E-state index contributed by atoms with van der Waals surface area (Å²) in [6.45, 7) is 4.04. The maximum Gasteiger partial charge on any atom is 0.286 e. The SMILES string of the molecule is CCN(CCOc1ccc(CC2SC(=O)NC2=O)cc1)c1ncccn1. The Morgan fingerprint density at radius 1 is 1.19 bits per heavy atom. The highest BCUT2D eigenvalue weighted by atomic mass is 32.2. The first-order chi connectivity index (χ1) is 12.7. The van der Waals surface area contributed by atoms with Gasteiger partial charge in [0.1, 0.15) is 12.4 Å². The Morgan fingerprint density at radius 2 is 1.92 bits per heavy atom. The molecule has 8 heteroatoms. The number of benzene rings is 1. The molecule has 2 heterocycles. The van der Waals surface area contributed by atoms with Gasteiger partial charge in [-0.1, -0.05) is 23.9 Å². The Morgan fingerprint density at radius 3 is 2.54 bits per heavy atom. The first-order valence-electron chi connectivity index (χ1n) is 8.41. The van der Waals surface area contributed by atoms with Gasteiger partial charge in [0, 0.05) is 18.9 Å². The van der Waals surface area contributed by atoms with Crippen molar-refractivity contribution in [3.8, 4) is 5.75 Å². The number of amides is 2. The lowest BCUT2D eigenvalue weighted by Gasteiger charge is -2.20. The van der Waals surface area contributed by atoms with E-state index >= 15 is 0 Å². The summed E-state index contributed by atoms with van der Waals surface area (Å²) in [6, 6.07) is 9.39. The smallest absolute Gasteiger partial charge is 0.286 e. The average Bonchev–Trinajstić information content (AvgIpc) is 2.98. The molecule has 3 rings (SSSR count). The number of hydrogen-bond donors (Lipinski definition) is 1. The molecule has 1 aliphatic rings. The molecular weight excluding hydrogens is 352 g/mol. The van der Waals surface area contributed by atoms with Crippen LogP contribution in [0.1, 0.15) is 12.5 Å². The minimum Gasteiger partial charge on any atom is -0.492 e. The number of carbonyl (C=O) groups excluding carboxylic acids is 2. The van der Waals surface area contributed by atoms with Crippen molar-refractivity contribution in [1.82, 2.24) is 15.3 Å². The molecule has 0 bridgehead atoms. The van der Waals surface area contributed by atoms with Crippen molar-refractivity contribution in [2.24, 2.45) is 0 Å². The molecule has 1 unspecified atom stereocenters. The number of likely N-dealkylation sites (N-methyl/N-ethyl adjacent to an activating group) is 1. The summed E-state index contributed by atoms with van der Waals surface area (Å²) >= 11 is 1.04. The number of nitrogens with one attached hydrogen (secondary N) is 1. The van der Waals surface area contributed by atoms with Gasteiger partial charge in [0.15, 0.2) is 0 Å². The molecule has 2 amide bonds. The minimum atomic E-state index is -0.349. The van der Waals surface area contributed by atoms with Crippen molar-refractivity contribution < 1.29 is 14.3 Å². The molecule has 1 atom stereocenters. The highest BCUT2D eigenvalue weighted by Crippen LogP contribution is 2.23. The summed E-state index contributed by atoms with van der Waals surface area (Å²) in [4.78, 5) is 33.4. The van der Waals surface area contributed by atoms with Crippen LogP contribution in [0.15, 0.2) is 42.7 Å². The van der Waals surface area contributed by atoms with Crippen molar-refractivity contribution in [2.75, 3.05) is 24.6 Å². The maximum atomic E-state index is 11.6. The Hall–Kier alpha value is -2.61. The fourth-order valence-electron chi connectivity index (χ4n) is 2.59. The number of anilines is 1. The van der Waals surface area contributed by atoms with E-state index in [-0.39, 0.29) is 16.4 Å². The van der Waals surface area contributed by atoms with E-state index in [1.807, 2.05) is 36.1 Å². The first-order valence-corrected chi connectivity index (χ1v) is 9.29. The van der Waals surface area contributed by atoms with Crippen molar-refractivity contribution in [1.29, 1.82) is 0 Å². The number of rotatable bonds is 8. The number of thioether (sulfide) groups is 1. The quantitative estimate of drug-likeness (QED) is 0.761. The number of nitrogens with zero attached hydrogens (tertiary/aromatic N) is 3. The minimum absolute atomic E-state index is 0.219. The lowest BCUT2D eigenvalue weighted by atomic mass is 10.1. The molecular formula is C18H20N4O3S. The largest absolute Gasteiger partial charge is 0.492 e. The highest BCUT2D eigenvalue weighted by molar-refractivity contribution is 8.15. The molecule has 1 N–H and O–H groups in total. The summed E-state index contributed by atoms with van der Waals surface area (Å²) in [6.07, 6.45) is 3.97. The van der Waals surface area contributed by atoms with Crippen molar-refractivity contribution >= 4 is 28.9 Å². The van der Waals surface area contributed by atoms with Crippen LogP contribution in [0.3, 0.4) is 0 Å². The first kappa shape index (κ1) is 18.2. The van der Waals surface area contributed by atoms with Crippen LogP contribution in [0.4, 0.5) is 10.7 Å². The van der Waals surface area contributed by atoms with E-state index in [1.165, 1.54) is 0 Å². The number of ether oxygens (including phenoxy) is 1. The second-order valence-electron chi connectivity index (χ2n) is 5.71. The molecule has 1 fully saturated rings. The molecule has 7 nitrogen and oxygen atoms in total. The third kappa shape index (κ3) is 4.72. The summed E-state index contributed by atoms with van der Waals surface area (Å²) in [5.41, 5.74) is 0.993. The Balaban J connectivity index is 1.48. The van der Waals surface area contributed by atoms with Crippen LogP contribution in [0.25, 0.3) is 0 Å². The van der Waals surface area contributed by atoms with E-state index in [0.29, 0.717) is 25.5 Å². The van der Waals surface area contributed by atoms with Crippen LogP contribution >= 0.6 is 11.8 Å². The third-order valence-corrected chi connectivity index (χ3v) is 4.94. The van der Waals surface area contributed by atoms with Gasteiger partial charge in [0.25, 0.3) is 5.24 Å². The summed E-state index contributed by atoms with van der Waals surface area (Å²) in [5, 5.41) is 1.68. The van der Waals surface area contributed by atoms with Gasteiger partial charge in [0.2, 0.25) is 11.9 Å². The predicted octanol–water partition coefficient (Wildman–Crippen LogP) is 2.28. The van der Waals surface area contributed by atoms with E-state index in [4.69, 9.17) is 4.74 Å². The molecule has 1 aromatic heterocycles. The lowest BCUT2D eigenvalue weighted by Crippen LogP contribution is -2.29. The monoisotopic (exact) mass is 372 g/mol. The van der Waals surface area contributed by atoms with Gasteiger partial charge in [-0.25, -0.2) is 9.97 Å². The topological polar surface area (TPSA) is 84.4 Å². The molecule has 0 saturated carbocycles. The molecule has 2 aromatic rings. The van der Waals surface area contributed by atoms with E-state index in [9.17, 15) is 9.59 Å². The number of hydrogen-bond acceptors (Lipinski definition) is 7. The number of carbonyl (C=O) groups is 2. The van der Waals surface area contributed by atoms with Crippen LogP contribution in [0, 0.1) is 0 Å². The van der Waals surface area contributed by atoms with Crippen LogP contribution in [-0.2, 0) is 11.2 Å². The van der Waals surface area contributed by atoms with Crippen molar-refractivity contribution in [2.45, 2.75) is 18.6 Å². The lowest BCUT2D eigenvalue weighted by molar-refractivity contribution is -0.118. The van der Waals surface area contributed by atoms with Crippen LogP contribution in [0.2, 0.25) is 0 Å². The maximum absolute atomic E-state index is 11.6. The molecule has 0 aliphatic carbocycles. The fourth-order valence-corrected chi connectivity index (χ4v) is 3.45. The van der Waals surface area contributed by atoms with Gasteiger partial charge >= 0.3 is 0 Å². The van der Waals surface area contributed by atoms with Gasteiger partial charge in [0.05, 0.1) is 11.8 Å². The van der Waals surface area contributed by atoms with Crippen molar-refractivity contribution in [3.63, 3.8) is 0 Å². The fraction of sp³-hybridized carbons (Fsp3) is 0.333. The molecule has 1 aromatic carbocycles. The highest BCUT2D eigenvalue weighted by Gasteiger charge is 2.31. The zero-order chi connectivity index (χ0) is 18.4. The second kappa shape index (κ2) is 8.66. The average molecular weight is 372 g/mol. The number of aromatic nitrogens is 2. The Labute approximate surface area is 156 Å². The van der Waals surface area contributed by atoms with Gasteiger partial charge in [-0.2, -0.15) is 0 Å². The summed E-state index contributed by atoms with van der Waals surface area (Å²) in [5.74, 6) is 1.23. The van der Waals surface area contributed by atoms with E-state index < -0.39 is 0 Å². The Kier molecular flexibility index (Phi) is 6.06. The van der Waals surface area contributed by atoms with Crippen LogP contribution in [-0.4, -0.2) is 46.1 Å². The standard InChI is InChI=1S/C18H20N4O3S/c1-2-22(17-19-8-3-9-20-17)10-11-25-14-6-4-13(5-7-14)12-15-16(23)21-18(24)26-15/h3-9,15H,2,10-12H2,1H3,(H,21,23,24).